The summed E-state index contributed by atoms with van der Waals surface area (Å²) in [4.78, 5) is 44.8. The van der Waals surface area contributed by atoms with Gasteiger partial charge in [-0.1, -0.05) is 25.0 Å². The summed E-state index contributed by atoms with van der Waals surface area (Å²) in [6, 6.07) is 6.60. The first-order valence-corrected chi connectivity index (χ1v) is 18.8. The van der Waals surface area contributed by atoms with Crippen LogP contribution in [-0.2, 0) is 44.9 Å². The van der Waals surface area contributed by atoms with Crippen molar-refractivity contribution in [2.24, 2.45) is 21.7 Å². The third-order valence-corrected chi connectivity index (χ3v) is 10.5. The van der Waals surface area contributed by atoms with Crippen molar-refractivity contribution in [3.8, 4) is 23.0 Å². The largest absolute Gasteiger partial charge is 0.508 e. The summed E-state index contributed by atoms with van der Waals surface area (Å²) < 4.78 is 0. The van der Waals surface area contributed by atoms with Crippen LogP contribution < -0.4 is 0 Å². The average Bonchev–Trinajstić information content (AvgIpc) is 3.05. The van der Waals surface area contributed by atoms with Gasteiger partial charge in [0.05, 0.1) is 21.7 Å². The number of aliphatic carboxylic acids is 4. The van der Waals surface area contributed by atoms with E-state index in [9.17, 15) is 60.0 Å². The Labute approximate surface area is 319 Å². The highest BCUT2D eigenvalue weighted by molar-refractivity contribution is 5.74. The summed E-state index contributed by atoms with van der Waals surface area (Å²) in [7, 11) is 0. The normalized spacial score (nSPS) is 12.1. The minimum Gasteiger partial charge on any atom is -0.508 e. The molecule has 0 fully saturated rings. The Balaban J connectivity index is 0.000000540. The van der Waals surface area contributed by atoms with Crippen molar-refractivity contribution < 1.29 is 60.0 Å². The molecule has 0 atom stereocenters. The molecule has 0 amide bonds. The number of carboxylic acids is 4. The Morgan fingerprint density at radius 2 is 0.815 bits per heavy atom. The molecule has 0 aliphatic carbocycles. The van der Waals surface area contributed by atoms with Gasteiger partial charge in [0.15, 0.2) is 11.5 Å². The van der Waals surface area contributed by atoms with Crippen molar-refractivity contribution in [1.29, 1.82) is 0 Å². The smallest absolute Gasteiger partial charge is 0.309 e. The molecule has 0 heterocycles. The van der Waals surface area contributed by atoms with Crippen molar-refractivity contribution in [3.05, 3.63) is 46.5 Å². The van der Waals surface area contributed by atoms with Gasteiger partial charge in [-0.05, 0) is 150 Å². The van der Waals surface area contributed by atoms with Gasteiger partial charge in [0.25, 0.3) is 0 Å². The van der Waals surface area contributed by atoms with Crippen molar-refractivity contribution in [2.45, 2.75) is 145 Å². The molecule has 54 heavy (non-hydrogen) atoms. The lowest BCUT2D eigenvalue weighted by Crippen LogP contribution is -2.23. The Kier molecular flexibility index (Phi) is 17.8. The summed E-state index contributed by atoms with van der Waals surface area (Å²) in [5.74, 6) is -4.01. The zero-order valence-corrected chi connectivity index (χ0v) is 33.4. The lowest BCUT2D eigenvalue weighted by molar-refractivity contribution is -0.148. The fourth-order valence-corrected chi connectivity index (χ4v) is 6.02. The first-order valence-electron chi connectivity index (χ1n) is 18.8. The van der Waals surface area contributed by atoms with E-state index in [0.29, 0.717) is 62.5 Å². The maximum Gasteiger partial charge on any atom is 0.309 e. The Bertz CT molecular complexity index is 1590. The molecule has 0 aliphatic heterocycles. The maximum absolute atomic E-state index is 11.2. The van der Waals surface area contributed by atoms with Crippen LogP contribution in [0.5, 0.6) is 23.0 Å². The molecular weight excluding hydrogens is 696 g/mol. The van der Waals surface area contributed by atoms with Crippen LogP contribution in [0, 0.1) is 21.7 Å². The van der Waals surface area contributed by atoms with Gasteiger partial charge in [-0.3, -0.25) is 19.2 Å². The molecule has 0 aliphatic rings. The molecule has 2 aromatic rings. The topological polar surface area (TPSA) is 230 Å². The number of phenols is 4. The van der Waals surface area contributed by atoms with Gasteiger partial charge < -0.3 is 40.9 Å². The van der Waals surface area contributed by atoms with Crippen molar-refractivity contribution in [3.63, 3.8) is 0 Å². The third kappa shape index (κ3) is 14.7. The minimum atomic E-state index is -0.917. The SMILES string of the molecule is CC(C)(CCCCc1cccc(O)c1CCCCC(C)(C)C(=O)O)C(=O)O.CC(C)(CCCc1c(O)cc(O)c(O)c1CCCC(C)(C)C(=O)O)C(=O)O. The second-order valence-corrected chi connectivity index (χ2v) is 17.0. The van der Waals surface area contributed by atoms with Crippen LogP contribution >= 0.6 is 0 Å². The monoisotopic (exact) mass is 760 g/mol. The molecule has 2 aromatic carbocycles. The molecule has 0 aromatic heterocycles. The molecule has 0 unspecified atom stereocenters. The Morgan fingerprint density at radius 3 is 1.24 bits per heavy atom. The number of carbonyl (C=O) groups is 4. The predicted molar refractivity (Wildman–Crippen MR) is 206 cm³/mol. The van der Waals surface area contributed by atoms with E-state index in [1.165, 1.54) is 0 Å². The first-order chi connectivity index (χ1) is 24.8. The van der Waals surface area contributed by atoms with Crippen LogP contribution in [0.25, 0.3) is 0 Å². The number of hydrogen-bond acceptors (Lipinski definition) is 8. The van der Waals surface area contributed by atoms with E-state index in [1.807, 2.05) is 12.1 Å². The summed E-state index contributed by atoms with van der Waals surface area (Å²) in [5, 5.41) is 77.2. The molecule has 12 heteroatoms. The second-order valence-electron chi connectivity index (χ2n) is 17.0. The van der Waals surface area contributed by atoms with Crippen LogP contribution in [0.15, 0.2) is 24.3 Å². The molecule has 0 saturated carbocycles. The van der Waals surface area contributed by atoms with E-state index in [4.69, 9.17) is 0 Å². The minimum absolute atomic E-state index is 0.161. The van der Waals surface area contributed by atoms with Crippen LogP contribution in [-0.4, -0.2) is 64.7 Å². The van der Waals surface area contributed by atoms with Gasteiger partial charge in [0.1, 0.15) is 11.5 Å². The number of rotatable bonds is 22. The van der Waals surface area contributed by atoms with E-state index in [1.54, 1.807) is 61.5 Å². The first kappa shape index (κ1) is 47.5. The number of carboxylic acid groups (broad SMARTS) is 4. The molecule has 304 valence electrons. The van der Waals surface area contributed by atoms with Gasteiger partial charge >= 0.3 is 23.9 Å². The van der Waals surface area contributed by atoms with E-state index in [0.717, 1.165) is 55.7 Å². The van der Waals surface area contributed by atoms with E-state index in [2.05, 4.69) is 0 Å². The fraction of sp³-hybridized carbons (Fsp3) is 0.619. The zero-order valence-electron chi connectivity index (χ0n) is 33.4. The van der Waals surface area contributed by atoms with Crippen molar-refractivity contribution >= 4 is 23.9 Å². The molecule has 2 rings (SSSR count). The Morgan fingerprint density at radius 1 is 0.444 bits per heavy atom. The van der Waals surface area contributed by atoms with Crippen LogP contribution in [0.1, 0.15) is 142 Å². The van der Waals surface area contributed by atoms with Crippen molar-refractivity contribution in [2.75, 3.05) is 0 Å². The lowest BCUT2D eigenvalue weighted by atomic mass is 9.84. The van der Waals surface area contributed by atoms with Gasteiger partial charge in [0.2, 0.25) is 0 Å². The molecule has 8 N–H and O–H groups in total. The van der Waals surface area contributed by atoms with Gasteiger partial charge in [-0.15, -0.1) is 0 Å². The van der Waals surface area contributed by atoms with Crippen LogP contribution in [0.2, 0.25) is 0 Å². The Hall–Kier alpha value is -4.48. The molecule has 0 saturated heterocycles. The summed E-state index contributed by atoms with van der Waals surface area (Å²) >= 11 is 0. The second kappa shape index (κ2) is 20.3. The number of aromatic hydroxyl groups is 4. The average molecular weight is 761 g/mol. The number of unbranched alkanes of at least 4 members (excludes halogenated alkanes) is 2. The van der Waals surface area contributed by atoms with Gasteiger partial charge in [-0.25, -0.2) is 0 Å². The summed E-state index contributed by atoms with van der Waals surface area (Å²) in [6.45, 7) is 13.4. The standard InChI is InChI=1S/C22H34O5.C20H30O7/c1-21(2,19(24)25)14-7-5-10-16-11-9-13-18(23)17(16)12-6-8-15-22(3,4)20(26)27;1-19(2,17(24)25)9-5-7-12-13(16(23)15(22)11-14(12)21)8-6-10-20(3,4)18(26)27/h9,11,13,23H,5-8,10,12,14-15H2,1-4H3,(H,24,25)(H,26,27);11,21-23H,5-10H2,1-4H3,(H,24,25)(H,26,27). The molecular formula is C42H64O12. The lowest BCUT2D eigenvalue weighted by Gasteiger charge is -2.21. The fourth-order valence-electron chi connectivity index (χ4n) is 6.02. The number of hydrogen-bond donors (Lipinski definition) is 8. The highest BCUT2D eigenvalue weighted by atomic mass is 16.4. The molecule has 0 spiro atoms. The number of aryl methyl sites for hydroxylation is 1. The highest BCUT2D eigenvalue weighted by Crippen LogP contribution is 2.40. The number of benzene rings is 2. The summed E-state index contributed by atoms with van der Waals surface area (Å²) in [6.07, 6.45) is 8.38. The third-order valence-electron chi connectivity index (χ3n) is 10.5. The van der Waals surface area contributed by atoms with Gasteiger partial charge in [-0.2, -0.15) is 0 Å². The molecule has 12 nitrogen and oxygen atoms in total. The van der Waals surface area contributed by atoms with E-state index in [-0.39, 0.29) is 17.2 Å². The number of phenolic OH excluding ortho intramolecular Hbond substituents is 4. The molecule has 0 bridgehead atoms. The van der Waals surface area contributed by atoms with Crippen LogP contribution in [0.3, 0.4) is 0 Å². The quantitative estimate of drug-likeness (QED) is 0.0320. The highest BCUT2D eigenvalue weighted by Gasteiger charge is 2.30. The maximum atomic E-state index is 11.2. The zero-order chi connectivity index (χ0) is 41.7. The van der Waals surface area contributed by atoms with E-state index < -0.39 is 51.3 Å². The summed E-state index contributed by atoms with van der Waals surface area (Å²) in [5.41, 5.74) is -0.387. The van der Waals surface area contributed by atoms with Gasteiger partial charge in [0, 0.05) is 17.2 Å². The molecule has 0 radical (unpaired) electrons. The van der Waals surface area contributed by atoms with E-state index >= 15 is 0 Å². The van der Waals surface area contributed by atoms with Crippen LogP contribution in [0.4, 0.5) is 0 Å². The predicted octanol–water partition coefficient (Wildman–Crippen LogP) is 8.71. The van der Waals surface area contributed by atoms with Crippen molar-refractivity contribution in [1.82, 2.24) is 0 Å².